The fourth-order valence-corrected chi connectivity index (χ4v) is 2.06. The van der Waals surface area contributed by atoms with Gasteiger partial charge in [0.1, 0.15) is 6.07 Å². The van der Waals surface area contributed by atoms with Crippen molar-refractivity contribution in [2.45, 2.75) is 32.3 Å². The molecule has 1 atom stereocenters. The van der Waals surface area contributed by atoms with Crippen LogP contribution in [0.15, 0.2) is 18.2 Å². The van der Waals surface area contributed by atoms with E-state index < -0.39 is 5.60 Å². The predicted molar refractivity (Wildman–Crippen MR) is 59.0 cm³/mol. The second kappa shape index (κ2) is 3.64. The van der Waals surface area contributed by atoms with Crippen LogP contribution in [0.5, 0.6) is 0 Å². The highest BCUT2D eigenvalue weighted by Gasteiger charge is 2.37. The van der Waals surface area contributed by atoms with Crippen LogP contribution in [0.2, 0.25) is 0 Å². The van der Waals surface area contributed by atoms with Gasteiger partial charge in [-0.25, -0.2) is 4.79 Å². The highest BCUT2D eigenvalue weighted by molar-refractivity contribution is 5.93. The summed E-state index contributed by atoms with van der Waals surface area (Å²) >= 11 is 0. The van der Waals surface area contributed by atoms with E-state index in [0.29, 0.717) is 12.0 Å². The van der Waals surface area contributed by atoms with Crippen LogP contribution in [0.1, 0.15) is 35.3 Å². The highest BCUT2D eigenvalue weighted by Crippen LogP contribution is 2.30. The minimum absolute atomic E-state index is 0.388. The molecule has 0 spiro atoms. The number of nitrogens with zero attached hydrogens (tertiary/aromatic N) is 1. The monoisotopic (exact) mass is 215 g/mol. The van der Waals surface area contributed by atoms with Crippen LogP contribution in [-0.4, -0.2) is 11.6 Å². The van der Waals surface area contributed by atoms with Gasteiger partial charge in [-0.2, -0.15) is 5.26 Å². The molecule has 0 radical (unpaired) electrons. The Kier molecular flexibility index (Phi) is 2.43. The lowest BCUT2D eigenvalue weighted by Gasteiger charge is -2.29. The van der Waals surface area contributed by atoms with Crippen molar-refractivity contribution in [3.63, 3.8) is 0 Å². The van der Waals surface area contributed by atoms with Gasteiger partial charge < -0.3 is 4.74 Å². The van der Waals surface area contributed by atoms with E-state index in [2.05, 4.69) is 6.07 Å². The number of carbonyl (C=O) groups is 1. The molecule has 0 aliphatic carbocycles. The van der Waals surface area contributed by atoms with Gasteiger partial charge in [-0.05, 0) is 30.5 Å². The Labute approximate surface area is 94.6 Å². The third-order valence-corrected chi connectivity index (χ3v) is 2.94. The Morgan fingerprint density at radius 3 is 2.94 bits per heavy atom. The summed E-state index contributed by atoms with van der Waals surface area (Å²) in [5.41, 5.74) is 1.67. The van der Waals surface area contributed by atoms with E-state index in [-0.39, 0.29) is 5.97 Å². The van der Waals surface area contributed by atoms with Crippen LogP contribution >= 0.6 is 0 Å². The number of nitriles is 1. The molecule has 3 nitrogen and oxygen atoms in total. The lowest BCUT2D eigenvalue weighted by atomic mass is 9.87. The van der Waals surface area contributed by atoms with E-state index in [1.54, 1.807) is 13.0 Å². The number of rotatable bonds is 1. The summed E-state index contributed by atoms with van der Waals surface area (Å²) in [6.07, 6.45) is 1.34. The first-order valence-electron chi connectivity index (χ1n) is 5.35. The van der Waals surface area contributed by atoms with E-state index in [1.807, 2.05) is 19.1 Å². The fraction of sp³-hybridized carbons (Fsp3) is 0.385. The zero-order chi connectivity index (χ0) is 11.8. The van der Waals surface area contributed by atoms with E-state index in [1.165, 1.54) is 0 Å². The maximum atomic E-state index is 11.8. The van der Waals surface area contributed by atoms with Gasteiger partial charge in [0.05, 0.1) is 5.56 Å². The molecule has 0 N–H and O–H groups in total. The van der Waals surface area contributed by atoms with Crippen molar-refractivity contribution in [2.75, 3.05) is 0 Å². The molecule has 16 heavy (non-hydrogen) atoms. The Balaban J connectivity index is 2.56. The Morgan fingerprint density at radius 1 is 1.56 bits per heavy atom. The van der Waals surface area contributed by atoms with E-state index in [9.17, 15) is 4.79 Å². The number of cyclic esters (lactones) is 1. The van der Waals surface area contributed by atoms with Crippen molar-refractivity contribution in [1.29, 1.82) is 5.26 Å². The molecule has 0 saturated carbocycles. The maximum Gasteiger partial charge on any atom is 0.340 e. The Bertz CT molecular complexity index is 487. The first kappa shape index (κ1) is 10.7. The van der Waals surface area contributed by atoms with E-state index >= 15 is 0 Å². The minimum atomic E-state index is -1.02. The summed E-state index contributed by atoms with van der Waals surface area (Å²) in [6, 6.07) is 7.67. The number of benzene rings is 1. The van der Waals surface area contributed by atoms with Gasteiger partial charge >= 0.3 is 5.97 Å². The number of ether oxygens (including phenoxy) is 1. The molecule has 0 aromatic heterocycles. The van der Waals surface area contributed by atoms with Crippen molar-refractivity contribution in [2.24, 2.45) is 0 Å². The zero-order valence-electron chi connectivity index (χ0n) is 9.41. The van der Waals surface area contributed by atoms with Crippen LogP contribution in [0, 0.1) is 11.3 Å². The fourth-order valence-electron chi connectivity index (χ4n) is 2.06. The van der Waals surface area contributed by atoms with Crippen LogP contribution in [0.4, 0.5) is 0 Å². The number of hydrogen-bond acceptors (Lipinski definition) is 3. The van der Waals surface area contributed by atoms with Gasteiger partial charge in [0.25, 0.3) is 0 Å². The largest absolute Gasteiger partial charge is 0.440 e. The number of hydrogen-bond donors (Lipinski definition) is 0. The van der Waals surface area contributed by atoms with Crippen LogP contribution in [0.3, 0.4) is 0 Å². The van der Waals surface area contributed by atoms with E-state index in [4.69, 9.17) is 10.00 Å². The molecule has 1 aliphatic heterocycles. The molecule has 2 rings (SSSR count). The lowest BCUT2D eigenvalue weighted by Crippen LogP contribution is -2.38. The standard InChI is InChI=1S/C13H13NO2/c1-3-9-5-4-6-10-11(9)7-13(2,8-14)16-12(10)15/h4-6H,3,7H2,1-2H3. The molecule has 1 aromatic carbocycles. The van der Waals surface area contributed by atoms with Crippen LogP contribution in [0.25, 0.3) is 0 Å². The molecule has 0 bridgehead atoms. The van der Waals surface area contributed by atoms with Gasteiger partial charge in [-0.15, -0.1) is 0 Å². The Hall–Kier alpha value is -1.82. The van der Waals surface area contributed by atoms with Crippen LogP contribution in [-0.2, 0) is 17.6 Å². The van der Waals surface area contributed by atoms with Crippen LogP contribution < -0.4 is 0 Å². The average Bonchev–Trinajstić information content (AvgIpc) is 2.28. The Morgan fingerprint density at radius 2 is 2.31 bits per heavy atom. The maximum absolute atomic E-state index is 11.8. The van der Waals surface area contributed by atoms with Gasteiger partial charge in [0, 0.05) is 6.42 Å². The number of carbonyl (C=O) groups excluding carboxylic acids is 1. The summed E-state index contributed by atoms with van der Waals surface area (Å²) in [5, 5.41) is 9.03. The third kappa shape index (κ3) is 1.57. The number of esters is 1. The molecule has 0 fully saturated rings. The predicted octanol–water partition coefficient (Wildman–Crippen LogP) is 2.24. The van der Waals surface area contributed by atoms with Crippen molar-refractivity contribution in [3.8, 4) is 6.07 Å². The zero-order valence-corrected chi connectivity index (χ0v) is 9.41. The van der Waals surface area contributed by atoms with Gasteiger partial charge in [0.15, 0.2) is 5.60 Å². The molecule has 82 valence electrons. The summed E-state index contributed by atoms with van der Waals surface area (Å²) in [6.45, 7) is 3.69. The summed E-state index contributed by atoms with van der Waals surface area (Å²) in [4.78, 5) is 11.8. The molecule has 1 unspecified atom stereocenters. The average molecular weight is 215 g/mol. The molecule has 1 aliphatic rings. The van der Waals surface area contributed by atoms with Crippen molar-refractivity contribution >= 4 is 5.97 Å². The molecule has 0 saturated heterocycles. The number of fused-ring (bicyclic) bond motifs is 1. The lowest BCUT2D eigenvalue weighted by molar-refractivity contribution is 0.00838. The third-order valence-electron chi connectivity index (χ3n) is 2.94. The SMILES string of the molecule is CCc1cccc2c1CC(C)(C#N)OC2=O. The van der Waals surface area contributed by atoms with Crippen molar-refractivity contribution in [1.82, 2.24) is 0 Å². The normalized spacial score (nSPS) is 23.2. The highest BCUT2D eigenvalue weighted by atomic mass is 16.6. The van der Waals surface area contributed by atoms with Gasteiger partial charge in [0.2, 0.25) is 0 Å². The molecular weight excluding hydrogens is 202 g/mol. The quantitative estimate of drug-likeness (QED) is 0.675. The van der Waals surface area contributed by atoms with Gasteiger partial charge in [-0.1, -0.05) is 19.1 Å². The van der Waals surface area contributed by atoms with Crippen molar-refractivity contribution in [3.05, 3.63) is 34.9 Å². The topological polar surface area (TPSA) is 50.1 Å². The van der Waals surface area contributed by atoms with Crippen molar-refractivity contribution < 1.29 is 9.53 Å². The minimum Gasteiger partial charge on any atom is -0.440 e. The molecule has 0 amide bonds. The second-order valence-corrected chi connectivity index (χ2v) is 4.21. The van der Waals surface area contributed by atoms with Gasteiger partial charge in [-0.3, -0.25) is 0 Å². The van der Waals surface area contributed by atoms with E-state index in [0.717, 1.165) is 17.5 Å². The molecule has 1 aromatic rings. The molecule has 1 heterocycles. The summed E-state index contributed by atoms with van der Waals surface area (Å²) in [5.74, 6) is -0.388. The first-order valence-corrected chi connectivity index (χ1v) is 5.35. The smallest absolute Gasteiger partial charge is 0.340 e. The summed E-state index contributed by atoms with van der Waals surface area (Å²) in [7, 11) is 0. The second-order valence-electron chi connectivity index (χ2n) is 4.21. The molecule has 3 heteroatoms. The molecular formula is C13H13NO2. The number of aryl methyl sites for hydroxylation is 1. The summed E-state index contributed by atoms with van der Waals surface area (Å²) < 4.78 is 5.15. The first-order chi connectivity index (χ1) is 7.59.